The lowest BCUT2D eigenvalue weighted by Gasteiger charge is -2.36. The van der Waals surface area contributed by atoms with Crippen LogP contribution in [0.2, 0.25) is 0 Å². The van der Waals surface area contributed by atoms with E-state index in [1.807, 2.05) is 0 Å². The third-order valence-electron chi connectivity index (χ3n) is 5.46. The number of piperazine rings is 1. The molecule has 4 heteroatoms. The van der Waals surface area contributed by atoms with Crippen LogP contribution in [0.15, 0.2) is 48.5 Å². The molecule has 0 amide bonds. The fourth-order valence-corrected chi connectivity index (χ4v) is 3.86. The maximum Gasteiger partial charge on any atom is 0.123 e. The highest BCUT2D eigenvalue weighted by atomic mass is 15.3. The highest BCUT2D eigenvalue weighted by Crippen LogP contribution is 2.20. The minimum atomic E-state index is 0.925. The van der Waals surface area contributed by atoms with Crippen LogP contribution >= 0.6 is 0 Å². The van der Waals surface area contributed by atoms with Crippen molar-refractivity contribution in [3.8, 4) is 0 Å². The number of anilines is 1. The first-order valence-corrected chi connectivity index (χ1v) is 9.71. The summed E-state index contributed by atoms with van der Waals surface area (Å²) in [7, 11) is 2.12. The molecule has 26 heavy (non-hydrogen) atoms. The molecule has 0 aliphatic carbocycles. The average molecular weight is 348 g/mol. The number of aromatic nitrogens is 2. The van der Waals surface area contributed by atoms with E-state index in [0.717, 1.165) is 44.1 Å². The molecule has 0 unspecified atom stereocenters. The predicted molar refractivity (Wildman–Crippen MR) is 109 cm³/mol. The Morgan fingerprint density at radius 2 is 1.65 bits per heavy atom. The van der Waals surface area contributed by atoms with Gasteiger partial charge >= 0.3 is 0 Å². The quantitative estimate of drug-likeness (QED) is 0.700. The van der Waals surface area contributed by atoms with Gasteiger partial charge in [0.05, 0.1) is 17.6 Å². The number of hydrogen-bond donors (Lipinski definition) is 0. The molecule has 0 radical (unpaired) electrons. The van der Waals surface area contributed by atoms with Crippen LogP contribution in [0.1, 0.15) is 24.7 Å². The second-order valence-corrected chi connectivity index (χ2v) is 7.26. The molecule has 0 spiro atoms. The van der Waals surface area contributed by atoms with Gasteiger partial charge in [-0.3, -0.25) is 4.90 Å². The fraction of sp³-hybridized carbons (Fsp3) is 0.409. The number of aryl methyl sites for hydroxylation is 2. The van der Waals surface area contributed by atoms with Crippen molar-refractivity contribution >= 4 is 16.7 Å². The minimum absolute atomic E-state index is 0.925. The van der Waals surface area contributed by atoms with Gasteiger partial charge in [0.1, 0.15) is 5.82 Å². The normalized spacial score (nSPS) is 15.7. The number of imidazole rings is 1. The lowest BCUT2D eigenvalue weighted by molar-refractivity contribution is 0.242. The van der Waals surface area contributed by atoms with Gasteiger partial charge < -0.3 is 9.47 Å². The van der Waals surface area contributed by atoms with E-state index < -0.39 is 0 Å². The van der Waals surface area contributed by atoms with Crippen LogP contribution in [0.5, 0.6) is 0 Å². The van der Waals surface area contributed by atoms with Crippen molar-refractivity contribution in [1.82, 2.24) is 14.5 Å². The van der Waals surface area contributed by atoms with Gasteiger partial charge in [0, 0.05) is 38.9 Å². The van der Waals surface area contributed by atoms with E-state index in [1.54, 1.807) is 0 Å². The van der Waals surface area contributed by atoms with Crippen LogP contribution in [-0.2, 0) is 20.0 Å². The molecule has 2 heterocycles. The van der Waals surface area contributed by atoms with Crippen molar-refractivity contribution in [2.24, 2.45) is 7.05 Å². The molecule has 0 bridgehead atoms. The first-order chi connectivity index (χ1) is 12.7. The molecule has 0 saturated carbocycles. The largest absolute Gasteiger partial charge is 0.369 e. The lowest BCUT2D eigenvalue weighted by atomic mass is 10.1. The molecule has 136 valence electrons. The van der Waals surface area contributed by atoms with Crippen molar-refractivity contribution in [2.45, 2.75) is 26.3 Å². The van der Waals surface area contributed by atoms with Crippen molar-refractivity contribution < 1.29 is 0 Å². The molecule has 1 aliphatic rings. The molecule has 2 aromatic carbocycles. The van der Waals surface area contributed by atoms with E-state index in [1.165, 1.54) is 29.6 Å². The van der Waals surface area contributed by atoms with Gasteiger partial charge in [0.15, 0.2) is 0 Å². The molecule has 0 atom stereocenters. The van der Waals surface area contributed by atoms with Crippen LogP contribution < -0.4 is 4.90 Å². The molecule has 1 aromatic heterocycles. The van der Waals surface area contributed by atoms with E-state index in [-0.39, 0.29) is 0 Å². The van der Waals surface area contributed by atoms with Crippen LogP contribution in [-0.4, -0.2) is 40.6 Å². The first kappa shape index (κ1) is 17.1. The van der Waals surface area contributed by atoms with Gasteiger partial charge in [-0.15, -0.1) is 0 Å². The summed E-state index contributed by atoms with van der Waals surface area (Å²) >= 11 is 0. The third kappa shape index (κ3) is 3.47. The maximum atomic E-state index is 4.82. The average Bonchev–Trinajstić information content (AvgIpc) is 2.99. The number of rotatable bonds is 5. The molecular formula is C22H28N4. The smallest absolute Gasteiger partial charge is 0.123 e. The van der Waals surface area contributed by atoms with E-state index in [9.17, 15) is 0 Å². The van der Waals surface area contributed by atoms with Gasteiger partial charge in [0.25, 0.3) is 0 Å². The Bertz CT molecular complexity index is 857. The Labute approximate surface area is 156 Å². The zero-order valence-electron chi connectivity index (χ0n) is 15.9. The summed E-state index contributed by atoms with van der Waals surface area (Å²) in [4.78, 5) is 9.84. The highest BCUT2D eigenvalue weighted by Gasteiger charge is 2.19. The van der Waals surface area contributed by atoms with E-state index >= 15 is 0 Å². The molecule has 1 aliphatic heterocycles. The van der Waals surface area contributed by atoms with E-state index in [2.05, 4.69) is 76.9 Å². The SMILES string of the molecule is CCCc1ccc(N2CCN(Cc3nc4ccccc4n3C)CC2)cc1. The fourth-order valence-electron chi connectivity index (χ4n) is 3.86. The Hall–Kier alpha value is -2.33. The van der Waals surface area contributed by atoms with Crippen LogP contribution in [0.25, 0.3) is 11.0 Å². The first-order valence-electron chi connectivity index (χ1n) is 9.71. The summed E-state index contributed by atoms with van der Waals surface area (Å²) in [6, 6.07) is 17.5. The molecule has 3 aromatic rings. The van der Waals surface area contributed by atoms with Gasteiger partial charge in [-0.1, -0.05) is 37.6 Å². The van der Waals surface area contributed by atoms with E-state index in [4.69, 9.17) is 4.98 Å². The topological polar surface area (TPSA) is 24.3 Å². The lowest BCUT2D eigenvalue weighted by Crippen LogP contribution is -2.46. The molecule has 1 saturated heterocycles. The number of fused-ring (bicyclic) bond motifs is 1. The molecular weight excluding hydrogens is 320 g/mol. The summed E-state index contributed by atoms with van der Waals surface area (Å²) in [6.45, 7) is 7.49. The Morgan fingerprint density at radius 3 is 2.35 bits per heavy atom. The van der Waals surface area contributed by atoms with Crippen LogP contribution in [0.3, 0.4) is 0 Å². The zero-order chi connectivity index (χ0) is 17.9. The van der Waals surface area contributed by atoms with Gasteiger partial charge in [0.2, 0.25) is 0 Å². The van der Waals surface area contributed by atoms with Gasteiger partial charge in [-0.25, -0.2) is 4.98 Å². The standard InChI is InChI=1S/C22H28N4/c1-3-6-18-9-11-19(12-10-18)26-15-13-25(14-16-26)17-22-23-20-7-4-5-8-21(20)24(22)2/h4-5,7-12H,3,6,13-17H2,1-2H3. The molecule has 1 fully saturated rings. The van der Waals surface area contributed by atoms with Crippen molar-refractivity contribution in [3.63, 3.8) is 0 Å². The third-order valence-corrected chi connectivity index (χ3v) is 5.46. The molecule has 4 rings (SSSR count). The maximum absolute atomic E-state index is 4.82. The number of benzene rings is 2. The van der Waals surface area contributed by atoms with Crippen LogP contribution in [0.4, 0.5) is 5.69 Å². The summed E-state index contributed by atoms with van der Waals surface area (Å²) < 4.78 is 2.23. The summed E-state index contributed by atoms with van der Waals surface area (Å²) in [5, 5.41) is 0. The van der Waals surface area contributed by atoms with Gasteiger partial charge in [-0.05, 0) is 36.2 Å². The second kappa shape index (κ2) is 7.50. The number of para-hydroxylation sites is 2. The number of nitrogens with zero attached hydrogens (tertiary/aromatic N) is 4. The Balaban J connectivity index is 1.38. The van der Waals surface area contributed by atoms with Crippen molar-refractivity contribution in [3.05, 3.63) is 59.9 Å². The zero-order valence-corrected chi connectivity index (χ0v) is 15.9. The van der Waals surface area contributed by atoms with Crippen molar-refractivity contribution in [2.75, 3.05) is 31.1 Å². The Morgan fingerprint density at radius 1 is 0.923 bits per heavy atom. The van der Waals surface area contributed by atoms with Crippen LogP contribution in [0, 0.1) is 0 Å². The predicted octanol–water partition coefficient (Wildman–Crippen LogP) is 3.85. The van der Waals surface area contributed by atoms with E-state index in [0.29, 0.717) is 0 Å². The molecule has 4 nitrogen and oxygen atoms in total. The summed E-state index contributed by atoms with van der Waals surface area (Å²) in [6.07, 6.45) is 2.38. The van der Waals surface area contributed by atoms with Gasteiger partial charge in [-0.2, -0.15) is 0 Å². The number of hydrogen-bond acceptors (Lipinski definition) is 3. The monoisotopic (exact) mass is 348 g/mol. The molecule has 0 N–H and O–H groups in total. The highest BCUT2D eigenvalue weighted by molar-refractivity contribution is 5.75. The Kier molecular flexibility index (Phi) is 4.93. The summed E-state index contributed by atoms with van der Waals surface area (Å²) in [5.41, 5.74) is 5.10. The second-order valence-electron chi connectivity index (χ2n) is 7.26. The summed E-state index contributed by atoms with van der Waals surface area (Å²) in [5.74, 6) is 1.16. The minimum Gasteiger partial charge on any atom is -0.369 e. The van der Waals surface area contributed by atoms with Crippen molar-refractivity contribution in [1.29, 1.82) is 0 Å².